The van der Waals surface area contributed by atoms with Crippen molar-refractivity contribution in [2.24, 2.45) is 4.99 Å². The van der Waals surface area contributed by atoms with E-state index in [1.54, 1.807) is 13.1 Å². The average Bonchev–Trinajstić information content (AvgIpc) is 3.13. The number of nitrogens with one attached hydrogen (secondary N) is 2. The third-order valence-corrected chi connectivity index (χ3v) is 3.12. The van der Waals surface area contributed by atoms with Crippen molar-refractivity contribution >= 4 is 29.9 Å². The second kappa shape index (κ2) is 7.56. The van der Waals surface area contributed by atoms with E-state index in [-0.39, 0.29) is 41.5 Å². The van der Waals surface area contributed by atoms with Gasteiger partial charge in [0.25, 0.3) is 0 Å². The van der Waals surface area contributed by atoms with Crippen LogP contribution in [0, 0.1) is 11.6 Å². The van der Waals surface area contributed by atoms with E-state index < -0.39 is 11.6 Å². The van der Waals surface area contributed by atoms with E-state index in [0.717, 1.165) is 0 Å². The molecule has 0 bridgehead atoms. The van der Waals surface area contributed by atoms with Crippen LogP contribution in [-0.2, 0) is 0 Å². The molecule has 2 atom stereocenters. The normalized spacial score (nSPS) is 20.9. The van der Waals surface area contributed by atoms with Crippen LogP contribution in [0.5, 0.6) is 0 Å². The molecular formula is C14H18F2IN3. The molecule has 0 radical (unpaired) electrons. The van der Waals surface area contributed by atoms with Gasteiger partial charge in [-0.3, -0.25) is 4.99 Å². The number of benzene rings is 1. The van der Waals surface area contributed by atoms with Gasteiger partial charge >= 0.3 is 0 Å². The maximum Gasteiger partial charge on any atom is 0.191 e. The lowest BCUT2D eigenvalue weighted by molar-refractivity contribution is 0.553. The first-order valence-corrected chi connectivity index (χ1v) is 6.19. The van der Waals surface area contributed by atoms with Gasteiger partial charge < -0.3 is 10.6 Å². The molecular weight excluding hydrogens is 375 g/mol. The first-order valence-electron chi connectivity index (χ1n) is 6.19. The van der Waals surface area contributed by atoms with Crippen molar-refractivity contribution in [1.82, 2.24) is 10.6 Å². The van der Waals surface area contributed by atoms with E-state index in [9.17, 15) is 8.78 Å². The van der Waals surface area contributed by atoms with Gasteiger partial charge in [0.2, 0.25) is 0 Å². The smallest absolute Gasteiger partial charge is 0.191 e. The highest BCUT2D eigenvalue weighted by Gasteiger charge is 2.42. The molecule has 0 aromatic heterocycles. The predicted molar refractivity (Wildman–Crippen MR) is 87.6 cm³/mol. The van der Waals surface area contributed by atoms with E-state index in [1.165, 1.54) is 18.2 Å². The lowest BCUT2D eigenvalue weighted by Gasteiger charge is -2.10. The fourth-order valence-corrected chi connectivity index (χ4v) is 2.08. The summed E-state index contributed by atoms with van der Waals surface area (Å²) in [4.78, 5) is 4.04. The molecule has 1 aromatic carbocycles. The molecule has 1 aliphatic rings. The minimum absolute atomic E-state index is 0. The van der Waals surface area contributed by atoms with Crippen LogP contribution in [0.15, 0.2) is 35.8 Å². The van der Waals surface area contributed by atoms with E-state index in [1.807, 2.05) is 0 Å². The number of hydrogen-bond donors (Lipinski definition) is 2. The van der Waals surface area contributed by atoms with Crippen molar-refractivity contribution in [3.8, 4) is 0 Å². The molecule has 0 spiro atoms. The van der Waals surface area contributed by atoms with Crippen LogP contribution in [0.2, 0.25) is 0 Å². The minimum Gasteiger partial charge on any atom is -0.353 e. The Morgan fingerprint density at radius 1 is 1.45 bits per heavy atom. The first kappa shape index (κ1) is 16.9. The number of hydrogen-bond acceptors (Lipinski definition) is 1. The minimum atomic E-state index is -0.483. The summed E-state index contributed by atoms with van der Waals surface area (Å²) < 4.78 is 27.2. The van der Waals surface area contributed by atoms with Gasteiger partial charge in [-0.2, -0.15) is 0 Å². The van der Waals surface area contributed by atoms with Crippen LogP contribution in [-0.4, -0.2) is 25.6 Å². The van der Waals surface area contributed by atoms with Gasteiger partial charge in [0.1, 0.15) is 11.6 Å². The number of nitrogens with zero attached hydrogens (tertiary/aromatic N) is 1. The molecule has 2 N–H and O–H groups in total. The summed E-state index contributed by atoms with van der Waals surface area (Å²) in [6.45, 7) is 4.19. The maximum atomic E-state index is 13.6. The largest absolute Gasteiger partial charge is 0.353 e. The van der Waals surface area contributed by atoms with Gasteiger partial charge in [0, 0.05) is 31.1 Å². The Hall–Kier alpha value is -1.18. The average molecular weight is 393 g/mol. The van der Waals surface area contributed by atoms with E-state index in [0.29, 0.717) is 18.9 Å². The van der Waals surface area contributed by atoms with Gasteiger partial charge in [-0.25, -0.2) is 8.78 Å². The zero-order valence-electron chi connectivity index (χ0n) is 11.2. The van der Waals surface area contributed by atoms with E-state index >= 15 is 0 Å². The van der Waals surface area contributed by atoms with Gasteiger partial charge in [-0.15, -0.1) is 30.6 Å². The molecule has 0 heterocycles. The Bertz CT molecular complexity index is 485. The van der Waals surface area contributed by atoms with Crippen LogP contribution >= 0.6 is 24.0 Å². The quantitative estimate of drug-likeness (QED) is 0.357. The van der Waals surface area contributed by atoms with Crippen LogP contribution < -0.4 is 10.6 Å². The van der Waals surface area contributed by atoms with Gasteiger partial charge in [-0.05, 0) is 18.6 Å². The standard InChI is InChI=1S/C14H17F2N3.HI/c1-3-7-18-14(17-2)19-12-8-9(12)13-10(15)5-4-6-11(13)16;/h3-6,9,12H,1,7-8H2,2H3,(H2,17,18,19);1H. The SMILES string of the molecule is C=CCNC(=NC)NC1CC1c1c(F)cccc1F.I. The van der Waals surface area contributed by atoms with Gasteiger partial charge in [0.15, 0.2) is 5.96 Å². The Labute approximate surface area is 134 Å². The highest BCUT2D eigenvalue weighted by atomic mass is 127. The van der Waals surface area contributed by atoms with Crippen LogP contribution in [0.25, 0.3) is 0 Å². The predicted octanol–water partition coefficient (Wildman–Crippen LogP) is 2.79. The molecule has 110 valence electrons. The molecule has 0 aliphatic heterocycles. The highest BCUT2D eigenvalue weighted by Crippen LogP contribution is 2.42. The molecule has 1 aliphatic carbocycles. The summed E-state index contributed by atoms with van der Waals surface area (Å²) in [5.74, 6) is -0.487. The highest BCUT2D eigenvalue weighted by molar-refractivity contribution is 14.0. The van der Waals surface area contributed by atoms with Crippen molar-refractivity contribution in [3.05, 3.63) is 48.1 Å². The van der Waals surface area contributed by atoms with Crippen molar-refractivity contribution < 1.29 is 8.78 Å². The van der Waals surface area contributed by atoms with Crippen LogP contribution in [0.4, 0.5) is 8.78 Å². The van der Waals surface area contributed by atoms with Crippen LogP contribution in [0.1, 0.15) is 17.9 Å². The third kappa shape index (κ3) is 3.91. The second-order valence-electron chi connectivity index (χ2n) is 4.47. The van der Waals surface area contributed by atoms with Gasteiger partial charge in [-0.1, -0.05) is 12.1 Å². The molecule has 20 heavy (non-hydrogen) atoms. The molecule has 2 unspecified atom stereocenters. The second-order valence-corrected chi connectivity index (χ2v) is 4.47. The summed E-state index contributed by atoms with van der Waals surface area (Å²) in [7, 11) is 1.65. The zero-order valence-corrected chi connectivity index (χ0v) is 13.5. The fourth-order valence-electron chi connectivity index (χ4n) is 2.08. The Morgan fingerprint density at radius 2 is 2.10 bits per heavy atom. The van der Waals surface area contributed by atoms with Crippen molar-refractivity contribution in [2.75, 3.05) is 13.6 Å². The molecule has 3 nitrogen and oxygen atoms in total. The summed E-state index contributed by atoms with van der Waals surface area (Å²) >= 11 is 0. The number of guanidine groups is 1. The Balaban J connectivity index is 0.00000200. The Morgan fingerprint density at radius 3 is 2.65 bits per heavy atom. The summed E-state index contributed by atoms with van der Waals surface area (Å²) in [5, 5.41) is 6.16. The van der Waals surface area contributed by atoms with E-state index in [2.05, 4.69) is 22.2 Å². The van der Waals surface area contributed by atoms with Crippen molar-refractivity contribution in [1.29, 1.82) is 0 Å². The lowest BCUT2D eigenvalue weighted by Crippen LogP contribution is -2.39. The topological polar surface area (TPSA) is 36.4 Å². The van der Waals surface area contributed by atoms with Gasteiger partial charge in [0.05, 0.1) is 0 Å². The van der Waals surface area contributed by atoms with Crippen molar-refractivity contribution in [3.63, 3.8) is 0 Å². The molecule has 2 rings (SSSR count). The summed E-state index contributed by atoms with van der Waals surface area (Å²) in [6, 6.07) is 3.98. The number of rotatable bonds is 4. The zero-order chi connectivity index (χ0) is 13.8. The Kier molecular flexibility index (Phi) is 6.38. The van der Waals surface area contributed by atoms with E-state index in [4.69, 9.17) is 0 Å². The maximum absolute atomic E-state index is 13.6. The summed E-state index contributed by atoms with van der Waals surface area (Å²) in [6.07, 6.45) is 2.42. The number of aliphatic imine (C=N–C) groups is 1. The third-order valence-electron chi connectivity index (χ3n) is 3.12. The summed E-state index contributed by atoms with van der Waals surface area (Å²) in [5.41, 5.74) is 0.166. The first-order chi connectivity index (χ1) is 9.17. The molecule has 0 saturated heterocycles. The lowest BCUT2D eigenvalue weighted by atomic mass is 10.1. The monoisotopic (exact) mass is 393 g/mol. The molecule has 6 heteroatoms. The molecule has 0 amide bonds. The van der Waals surface area contributed by atoms with Crippen molar-refractivity contribution in [2.45, 2.75) is 18.4 Å². The molecule has 1 aromatic rings. The molecule has 1 fully saturated rings. The van der Waals surface area contributed by atoms with Crippen LogP contribution in [0.3, 0.4) is 0 Å². The number of halogens is 3. The molecule has 1 saturated carbocycles. The fraction of sp³-hybridized carbons (Fsp3) is 0.357.